The second-order valence-electron chi connectivity index (χ2n) is 16.3. The van der Waals surface area contributed by atoms with E-state index in [9.17, 15) is 0 Å². The summed E-state index contributed by atoms with van der Waals surface area (Å²) in [7, 11) is 0. The number of amidine groups is 2. The Morgan fingerprint density at radius 1 is 0.781 bits per heavy atom. The maximum Gasteiger partial charge on any atom is 0.161 e. The minimum atomic E-state index is 0.145. The third-order valence-corrected chi connectivity index (χ3v) is 12.6. The minimum absolute atomic E-state index is 0.145. The number of hydrogen-bond donors (Lipinski definition) is 1. The van der Waals surface area contributed by atoms with Crippen molar-refractivity contribution in [2.45, 2.75) is 32.2 Å². The van der Waals surface area contributed by atoms with E-state index in [-0.39, 0.29) is 6.04 Å². The van der Waals surface area contributed by atoms with Gasteiger partial charge in [0.1, 0.15) is 12.2 Å². The number of benzene rings is 5. The normalized spacial score (nSPS) is 16.4. The van der Waals surface area contributed by atoms with E-state index in [1.54, 1.807) is 6.20 Å². The van der Waals surface area contributed by atoms with Crippen molar-refractivity contribution < 1.29 is 0 Å². The van der Waals surface area contributed by atoms with Gasteiger partial charge in [-0.15, -0.1) is 0 Å². The summed E-state index contributed by atoms with van der Waals surface area (Å²) in [6, 6.07) is 47.2. The van der Waals surface area contributed by atoms with Gasteiger partial charge < -0.3 is 19.8 Å². The van der Waals surface area contributed by atoms with E-state index >= 15 is 0 Å². The van der Waals surface area contributed by atoms with Gasteiger partial charge in [-0.25, -0.2) is 15.0 Å². The highest BCUT2D eigenvalue weighted by Gasteiger charge is 2.35. The highest BCUT2D eigenvalue weighted by atomic mass is 15.3. The van der Waals surface area contributed by atoms with Crippen LogP contribution in [0.1, 0.15) is 48.6 Å². The number of nitrogen functional groups attached to an aromatic ring is 1. The van der Waals surface area contributed by atoms with E-state index in [1.165, 1.54) is 38.7 Å². The molecule has 11 rings (SSSR count). The molecule has 8 nitrogen and oxygen atoms in total. The van der Waals surface area contributed by atoms with Gasteiger partial charge >= 0.3 is 0 Å². The molecule has 8 aromatic rings. The summed E-state index contributed by atoms with van der Waals surface area (Å²) in [6.45, 7) is 6.33. The summed E-state index contributed by atoms with van der Waals surface area (Å²) in [4.78, 5) is 21.6. The molecule has 1 unspecified atom stereocenters. The largest absolute Gasteiger partial charge is 0.395 e. The lowest BCUT2D eigenvalue weighted by molar-refractivity contribution is 0.732. The highest BCUT2D eigenvalue weighted by Crippen LogP contribution is 2.46. The predicted octanol–water partition coefficient (Wildman–Crippen LogP) is 12.6. The molecule has 3 aliphatic rings. The van der Waals surface area contributed by atoms with Gasteiger partial charge in [0.05, 0.1) is 34.0 Å². The number of allylic oxidation sites excluding steroid dienone is 5. The van der Waals surface area contributed by atoms with Gasteiger partial charge in [0.2, 0.25) is 0 Å². The first-order valence-corrected chi connectivity index (χ1v) is 21.9. The summed E-state index contributed by atoms with van der Waals surface area (Å²) in [5.41, 5.74) is 22.5. The molecule has 0 amide bonds. The van der Waals surface area contributed by atoms with Crippen LogP contribution in [0.5, 0.6) is 0 Å². The van der Waals surface area contributed by atoms with E-state index in [4.69, 9.17) is 15.7 Å². The number of rotatable bonds is 8. The number of para-hydroxylation sites is 2. The Morgan fingerprint density at radius 3 is 2.42 bits per heavy atom. The molecule has 0 saturated heterocycles. The number of hydrogen-bond acceptors (Lipinski definition) is 4. The quantitative estimate of drug-likeness (QED) is 0.122. The molecule has 310 valence electrons. The maximum atomic E-state index is 6.70. The number of nitrogens with two attached hydrogens (primary N) is 1. The van der Waals surface area contributed by atoms with Crippen molar-refractivity contribution in [2.24, 2.45) is 15.0 Å². The first-order valence-electron chi connectivity index (χ1n) is 21.9. The fourth-order valence-corrected chi connectivity index (χ4v) is 9.70. The first-order chi connectivity index (χ1) is 31.6. The van der Waals surface area contributed by atoms with Crippen molar-refractivity contribution >= 4 is 79.8 Å². The summed E-state index contributed by atoms with van der Waals surface area (Å²) >= 11 is 0. The monoisotopic (exact) mass is 830 g/mol. The Bertz CT molecular complexity index is 3390. The van der Waals surface area contributed by atoms with Crippen molar-refractivity contribution in [3.8, 4) is 11.4 Å². The molecule has 0 fully saturated rings. The van der Waals surface area contributed by atoms with Crippen molar-refractivity contribution in [1.29, 1.82) is 0 Å². The fourth-order valence-electron chi connectivity index (χ4n) is 9.70. The second-order valence-corrected chi connectivity index (χ2v) is 16.3. The van der Waals surface area contributed by atoms with E-state index in [2.05, 4.69) is 164 Å². The van der Waals surface area contributed by atoms with Crippen LogP contribution in [0.15, 0.2) is 197 Å². The molecule has 1 atom stereocenters. The van der Waals surface area contributed by atoms with Crippen LogP contribution in [0.3, 0.4) is 0 Å². The molecular weight excluding hydrogens is 785 g/mol. The van der Waals surface area contributed by atoms with Crippen LogP contribution < -0.4 is 10.6 Å². The molecule has 64 heavy (non-hydrogen) atoms. The van der Waals surface area contributed by atoms with Gasteiger partial charge in [-0.2, -0.15) is 0 Å². The minimum Gasteiger partial charge on any atom is -0.395 e. The second kappa shape index (κ2) is 16.3. The van der Waals surface area contributed by atoms with Crippen LogP contribution >= 0.6 is 0 Å². The molecule has 0 saturated carbocycles. The SMILES string of the molecule is C=NC(=N/C(=N\CN1c2ccccc2C2=CC(c3ccc4c(c3)c3ccccc3n4-c3cccc(-n4c(/C=C\C)c(N)c5ncccc54)c3)=CCC21)C1=CCCC=C1)c1ccccc1. The number of fused-ring (bicyclic) bond motifs is 7. The summed E-state index contributed by atoms with van der Waals surface area (Å²) in [5, 5.41) is 2.42. The number of anilines is 2. The maximum absolute atomic E-state index is 6.70. The molecule has 0 radical (unpaired) electrons. The molecule has 5 aromatic carbocycles. The average Bonchev–Trinajstić information content (AvgIpc) is 3.96. The van der Waals surface area contributed by atoms with Crippen LogP contribution in [0.25, 0.3) is 61.4 Å². The smallest absolute Gasteiger partial charge is 0.161 e. The molecule has 8 heteroatoms. The first kappa shape index (κ1) is 38.8. The van der Waals surface area contributed by atoms with E-state index in [0.29, 0.717) is 24.0 Å². The lowest BCUT2D eigenvalue weighted by Gasteiger charge is -2.28. The van der Waals surface area contributed by atoms with Gasteiger partial charge in [0, 0.05) is 50.7 Å². The molecular formula is C56H46N8. The highest BCUT2D eigenvalue weighted by molar-refractivity contribution is 6.14. The predicted molar refractivity (Wildman–Crippen MR) is 269 cm³/mol. The summed E-state index contributed by atoms with van der Waals surface area (Å²) in [5.74, 6) is 1.23. The van der Waals surface area contributed by atoms with Gasteiger partial charge in [0.25, 0.3) is 0 Å². The van der Waals surface area contributed by atoms with E-state index in [1.807, 2.05) is 49.4 Å². The Kier molecular flexibility index (Phi) is 9.88. The Morgan fingerprint density at radius 2 is 1.58 bits per heavy atom. The average molecular weight is 831 g/mol. The summed E-state index contributed by atoms with van der Waals surface area (Å²) in [6.07, 6.45) is 20.0. The van der Waals surface area contributed by atoms with Gasteiger partial charge in [-0.05, 0) is 116 Å². The molecule has 1 aliphatic heterocycles. The molecule has 2 aliphatic carbocycles. The summed E-state index contributed by atoms with van der Waals surface area (Å²) < 4.78 is 4.58. The van der Waals surface area contributed by atoms with Crippen molar-refractivity contribution in [3.63, 3.8) is 0 Å². The third-order valence-electron chi connectivity index (χ3n) is 12.6. The Hall–Kier alpha value is -8.10. The number of aliphatic imine (C=N–C) groups is 3. The molecule has 0 spiro atoms. The van der Waals surface area contributed by atoms with Crippen molar-refractivity contribution in [2.75, 3.05) is 17.3 Å². The number of nitrogens with zero attached hydrogens (tertiary/aromatic N) is 7. The Balaban J connectivity index is 0.952. The zero-order chi connectivity index (χ0) is 43.1. The van der Waals surface area contributed by atoms with Crippen LogP contribution in [0.4, 0.5) is 11.4 Å². The lowest BCUT2D eigenvalue weighted by Crippen LogP contribution is -2.32. The van der Waals surface area contributed by atoms with E-state index in [0.717, 1.165) is 69.5 Å². The zero-order valence-corrected chi connectivity index (χ0v) is 35.6. The molecule has 0 bridgehead atoms. The van der Waals surface area contributed by atoms with Crippen molar-refractivity contribution in [1.82, 2.24) is 14.1 Å². The lowest BCUT2D eigenvalue weighted by atomic mass is 9.89. The number of pyridine rings is 1. The van der Waals surface area contributed by atoms with Crippen LogP contribution in [-0.4, -0.2) is 45.2 Å². The standard InChI is InChI=1S/C56H46N8/c1-3-16-51-53(57)54-52(27-15-32-59-54)64(51)42-22-14-21-41(35-42)63-49-26-13-11-24-44(49)46-34-40(29-31-50(46)63)39-28-30-48-45(33-39)43-23-10-12-25-47(43)62(48)36-60-56(38-19-8-5-9-20-38)61-55(58-2)37-17-6-4-7-18-37/h3-4,6-8,10-29,31-35,48H,2,5,9,30,36,57H2,1H3/b16-3-,60-56-,61-55?. The van der Waals surface area contributed by atoms with Crippen LogP contribution in [0, 0.1) is 0 Å². The molecule has 2 N–H and O–H groups in total. The topological polar surface area (TPSA) is 89.1 Å². The van der Waals surface area contributed by atoms with Crippen molar-refractivity contribution in [3.05, 3.63) is 204 Å². The zero-order valence-electron chi connectivity index (χ0n) is 35.6. The van der Waals surface area contributed by atoms with Gasteiger partial charge in [-0.3, -0.25) is 4.98 Å². The molecule has 4 heterocycles. The van der Waals surface area contributed by atoms with Gasteiger partial charge in [-0.1, -0.05) is 109 Å². The van der Waals surface area contributed by atoms with Gasteiger partial charge in [0.15, 0.2) is 11.7 Å². The molecule has 3 aromatic heterocycles. The fraction of sp³-hybridized carbons (Fsp3) is 0.107. The van der Waals surface area contributed by atoms with Crippen LogP contribution in [-0.2, 0) is 0 Å². The van der Waals surface area contributed by atoms with Crippen LogP contribution in [0.2, 0.25) is 0 Å². The van der Waals surface area contributed by atoms with E-state index < -0.39 is 0 Å². The Labute approximate surface area is 372 Å². The third kappa shape index (κ3) is 6.62. The number of aromatic nitrogens is 3.